The highest BCUT2D eigenvalue weighted by atomic mass is 79.9. The smallest absolute Gasteiger partial charge is 0.124 e. The van der Waals surface area contributed by atoms with E-state index in [9.17, 15) is 4.39 Å². The van der Waals surface area contributed by atoms with Crippen molar-refractivity contribution in [1.82, 2.24) is 10.4 Å². The molecule has 21 heavy (non-hydrogen) atoms. The molecule has 0 aliphatic heterocycles. The summed E-state index contributed by atoms with van der Waals surface area (Å²) in [4.78, 5) is 4.13. The lowest BCUT2D eigenvalue weighted by Gasteiger charge is -2.20. The van der Waals surface area contributed by atoms with Gasteiger partial charge < -0.3 is 0 Å². The van der Waals surface area contributed by atoms with E-state index in [0.29, 0.717) is 4.47 Å². The molecule has 0 aliphatic carbocycles. The zero-order valence-electron chi connectivity index (χ0n) is 11.1. The van der Waals surface area contributed by atoms with Gasteiger partial charge in [0, 0.05) is 22.3 Å². The minimum absolute atomic E-state index is 0.244. The van der Waals surface area contributed by atoms with Crippen molar-refractivity contribution < 1.29 is 4.39 Å². The molecule has 0 saturated heterocycles. The van der Waals surface area contributed by atoms with Crippen LogP contribution in [0.3, 0.4) is 0 Å². The van der Waals surface area contributed by atoms with Crippen LogP contribution in [0.2, 0.25) is 0 Å². The molecule has 0 amide bonds. The van der Waals surface area contributed by atoms with Crippen molar-refractivity contribution in [3.8, 4) is 0 Å². The quantitative estimate of drug-likeness (QED) is 0.562. The number of nitrogens with two attached hydrogens (primary N) is 1. The Balaban J connectivity index is 2.18. The molecule has 3 aromatic rings. The molecule has 0 radical (unpaired) electrons. The predicted octanol–water partition coefficient (Wildman–Crippen LogP) is 3.69. The molecule has 3 nitrogen and oxygen atoms in total. The number of aromatic nitrogens is 1. The SMILES string of the molecule is NNC(c1ccc(F)cc1Br)c1cccc2cnccc12. The average molecular weight is 346 g/mol. The lowest BCUT2D eigenvalue weighted by Crippen LogP contribution is -2.29. The van der Waals surface area contributed by atoms with Crippen LogP contribution in [0.5, 0.6) is 0 Å². The molecule has 3 N–H and O–H groups in total. The number of hydrogen-bond acceptors (Lipinski definition) is 3. The van der Waals surface area contributed by atoms with Crippen LogP contribution in [-0.4, -0.2) is 4.98 Å². The zero-order chi connectivity index (χ0) is 14.8. The zero-order valence-corrected chi connectivity index (χ0v) is 12.6. The highest BCUT2D eigenvalue weighted by Gasteiger charge is 2.18. The molecule has 0 aliphatic rings. The van der Waals surface area contributed by atoms with E-state index < -0.39 is 0 Å². The molecule has 0 fully saturated rings. The Kier molecular flexibility index (Phi) is 3.96. The molecule has 0 bridgehead atoms. The number of hydrazine groups is 1. The largest absolute Gasteiger partial charge is 0.271 e. The highest BCUT2D eigenvalue weighted by molar-refractivity contribution is 9.10. The Labute approximate surface area is 130 Å². The summed E-state index contributed by atoms with van der Waals surface area (Å²) in [5.74, 6) is 5.47. The first-order chi connectivity index (χ1) is 10.2. The number of nitrogens with one attached hydrogen (secondary N) is 1. The van der Waals surface area contributed by atoms with Gasteiger partial charge in [-0.3, -0.25) is 10.8 Å². The fourth-order valence-electron chi connectivity index (χ4n) is 2.48. The molecule has 0 spiro atoms. The van der Waals surface area contributed by atoms with Gasteiger partial charge in [0.05, 0.1) is 6.04 Å². The Hall–Kier alpha value is -1.82. The van der Waals surface area contributed by atoms with Gasteiger partial charge in [0.15, 0.2) is 0 Å². The molecule has 1 atom stereocenters. The van der Waals surface area contributed by atoms with Crippen LogP contribution >= 0.6 is 15.9 Å². The molecule has 1 unspecified atom stereocenters. The first kappa shape index (κ1) is 14.1. The van der Waals surface area contributed by atoms with Gasteiger partial charge in [-0.15, -0.1) is 0 Å². The minimum Gasteiger partial charge on any atom is -0.271 e. The van der Waals surface area contributed by atoms with E-state index >= 15 is 0 Å². The van der Waals surface area contributed by atoms with Crippen LogP contribution in [-0.2, 0) is 0 Å². The number of hydrogen-bond donors (Lipinski definition) is 2. The van der Waals surface area contributed by atoms with Crippen LogP contribution < -0.4 is 11.3 Å². The maximum atomic E-state index is 13.3. The second kappa shape index (κ2) is 5.89. The summed E-state index contributed by atoms with van der Waals surface area (Å²) in [6.07, 6.45) is 3.56. The average Bonchev–Trinajstić information content (AvgIpc) is 2.50. The fourth-order valence-corrected chi connectivity index (χ4v) is 3.06. The van der Waals surface area contributed by atoms with E-state index in [0.717, 1.165) is 21.9 Å². The van der Waals surface area contributed by atoms with E-state index in [4.69, 9.17) is 5.84 Å². The van der Waals surface area contributed by atoms with E-state index in [1.54, 1.807) is 12.3 Å². The van der Waals surface area contributed by atoms with Gasteiger partial charge in [-0.1, -0.05) is 40.2 Å². The normalized spacial score (nSPS) is 12.5. The maximum absolute atomic E-state index is 13.3. The van der Waals surface area contributed by atoms with E-state index in [-0.39, 0.29) is 11.9 Å². The van der Waals surface area contributed by atoms with Crippen molar-refractivity contribution in [2.24, 2.45) is 5.84 Å². The van der Waals surface area contributed by atoms with Crippen LogP contribution in [0.25, 0.3) is 10.8 Å². The van der Waals surface area contributed by atoms with E-state index in [1.165, 1.54) is 12.1 Å². The summed E-state index contributed by atoms with van der Waals surface area (Å²) < 4.78 is 14.0. The van der Waals surface area contributed by atoms with Crippen LogP contribution in [0.1, 0.15) is 17.2 Å². The fraction of sp³-hybridized carbons (Fsp3) is 0.0625. The summed E-state index contributed by atoms with van der Waals surface area (Å²) >= 11 is 3.40. The predicted molar refractivity (Wildman–Crippen MR) is 85.0 cm³/mol. The van der Waals surface area contributed by atoms with E-state index in [1.807, 2.05) is 30.5 Å². The number of pyridine rings is 1. The van der Waals surface area contributed by atoms with Gasteiger partial charge in [0.1, 0.15) is 5.82 Å². The monoisotopic (exact) mass is 345 g/mol. The first-order valence-corrected chi connectivity index (χ1v) is 7.23. The van der Waals surface area contributed by atoms with Crippen molar-refractivity contribution in [2.45, 2.75) is 6.04 Å². The van der Waals surface area contributed by atoms with Crippen molar-refractivity contribution in [3.63, 3.8) is 0 Å². The van der Waals surface area contributed by atoms with Crippen molar-refractivity contribution in [3.05, 3.63) is 76.3 Å². The van der Waals surface area contributed by atoms with Gasteiger partial charge in [-0.25, -0.2) is 9.82 Å². The standard InChI is InChI=1S/C16H13BrFN3/c17-15-8-11(18)4-5-14(15)16(21-19)13-3-1-2-10-9-20-7-6-12(10)13/h1-9,16,21H,19H2. The maximum Gasteiger partial charge on any atom is 0.124 e. The first-order valence-electron chi connectivity index (χ1n) is 6.44. The Bertz CT molecular complexity index is 786. The summed E-state index contributed by atoms with van der Waals surface area (Å²) in [5.41, 5.74) is 4.71. The molecule has 1 heterocycles. The van der Waals surface area contributed by atoms with Crippen molar-refractivity contribution >= 4 is 26.7 Å². The highest BCUT2D eigenvalue weighted by Crippen LogP contribution is 2.32. The van der Waals surface area contributed by atoms with Crippen LogP contribution in [0.15, 0.2) is 59.3 Å². The van der Waals surface area contributed by atoms with Gasteiger partial charge in [0.2, 0.25) is 0 Å². The number of halogens is 2. The van der Waals surface area contributed by atoms with Gasteiger partial charge in [-0.05, 0) is 34.7 Å². The lowest BCUT2D eigenvalue weighted by atomic mass is 9.95. The number of benzene rings is 2. The second-order valence-corrected chi connectivity index (χ2v) is 5.56. The third kappa shape index (κ3) is 2.68. The van der Waals surface area contributed by atoms with Gasteiger partial charge in [0.25, 0.3) is 0 Å². The molecular formula is C16H13BrFN3. The van der Waals surface area contributed by atoms with Gasteiger partial charge >= 0.3 is 0 Å². The molecule has 106 valence electrons. The molecule has 2 aromatic carbocycles. The molecule has 5 heteroatoms. The van der Waals surface area contributed by atoms with Crippen LogP contribution in [0.4, 0.5) is 4.39 Å². The molecule has 0 saturated carbocycles. The molecule has 3 rings (SSSR count). The molecular weight excluding hydrogens is 333 g/mol. The molecule has 1 aromatic heterocycles. The Morgan fingerprint density at radius 3 is 2.76 bits per heavy atom. The van der Waals surface area contributed by atoms with Crippen molar-refractivity contribution in [2.75, 3.05) is 0 Å². The summed E-state index contributed by atoms with van der Waals surface area (Å²) in [7, 11) is 0. The lowest BCUT2D eigenvalue weighted by molar-refractivity contribution is 0.614. The Morgan fingerprint density at radius 2 is 2.00 bits per heavy atom. The number of rotatable bonds is 3. The summed E-state index contributed by atoms with van der Waals surface area (Å²) in [6, 6.07) is 12.3. The Morgan fingerprint density at radius 1 is 1.14 bits per heavy atom. The second-order valence-electron chi connectivity index (χ2n) is 4.71. The minimum atomic E-state index is -0.288. The van der Waals surface area contributed by atoms with Crippen molar-refractivity contribution in [1.29, 1.82) is 0 Å². The van der Waals surface area contributed by atoms with Gasteiger partial charge in [-0.2, -0.15) is 0 Å². The van der Waals surface area contributed by atoms with Crippen LogP contribution in [0, 0.1) is 5.82 Å². The topological polar surface area (TPSA) is 50.9 Å². The number of nitrogens with zero attached hydrogens (tertiary/aromatic N) is 1. The summed E-state index contributed by atoms with van der Waals surface area (Å²) in [5, 5.41) is 2.10. The third-order valence-electron chi connectivity index (χ3n) is 3.47. The summed E-state index contributed by atoms with van der Waals surface area (Å²) in [6.45, 7) is 0. The van der Waals surface area contributed by atoms with E-state index in [2.05, 4.69) is 26.3 Å². The number of fused-ring (bicyclic) bond motifs is 1. The third-order valence-corrected chi connectivity index (χ3v) is 4.15.